The molecule has 0 N–H and O–H groups in total. The molecule has 1 aliphatic carbocycles. The SMILES string of the molecule is O=C(Cl)[C@H]1C[C@@H]1c1ccccn1. The van der Waals surface area contributed by atoms with Gasteiger partial charge in [0.1, 0.15) is 0 Å². The largest absolute Gasteiger partial charge is 0.281 e. The highest BCUT2D eigenvalue weighted by molar-refractivity contribution is 6.64. The zero-order chi connectivity index (χ0) is 8.55. The van der Waals surface area contributed by atoms with E-state index < -0.39 is 0 Å². The van der Waals surface area contributed by atoms with Gasteiger partial charge in [0.15, 0.2) is 0 Å². The number of carbonyl (C=O) groups excluding carboxylic acids is 1. The van der Waals surface area contributed by atoms with E-state index in [1.807, 2.05) is 18.2 Å². The summed E-state index contributed by atoms with van der Waals surface area (Å²) in [7, 11) is 0. The predicted molar refractivity (Wildman–Crippen MR) is 45.9 cm³/mol. The van der Waals surface area contributed by atoms with Crippen molar-refractivity contribution in [1.82, 2.24) is 4.98 Å². The quantitative estimate of drug-likeness (QED) is 0.653. The molecule has 12 heavy (non-hydrogen) atoms. The van der Waals surface area contributed by atoms with Gasteiger partial charge in [-0.3, -0.25) is 9.78 Å². The number of aromatic nitrogens is 1. The van der Waals surface area contributed by atoms with Gasteiger partial charge in [0.05, 0.1) is 0 Å². The minimum Gasteiger partial charge on any atom is -0.281 e. The van der Waals surface area contributed by atoms with Crippen LogP contribution < -0.4 is 0 Å². The van der Waals surface area contributed by atoms with Gasteiger partial charge >= 0.3 is 0 Å². The Morgan fingerprint density at radius 2 is 2.42 bits per heavy atom. The van der Waals surface area contributed by atoms with Crippen LogP contribution in [0.2, 0.25) is 0 Å². The van der Waals surface area contributed by atoms with E-state index in [-0.39, 0.29) is 17.1 Å². The van der Waals surface area contributed by atoms with Gasteiger partial charge in [0, 0.05) is 23.7 Å². The lowest BCUT2D eigenvalue weighted by atomic mass is 10.2. The van der Waals surface area contributed by atoms with Gasteiger partial charge in [-0.05, 0) is 30.2 Å². The Morgan fingerprint density at radius 1 is 1.58 bits per heavy atom. The number of carbonyl (C=O) groups is 1. The molecule has 0 unspecified atom stereocenters. The van der Waals surface area contributed by atoms with Crippen molar-refractivity contribution in [1.29, 1.82) is 0 Å². The Hall–Kier alpha value is -0.890. The first-order chi connectivity index (χ1) is 5.79. The smallest absolute Gasteiger partial charge is 0.225 e. The van der Waals surface area contributed by atoms with Gasteiger partial charge in [-0.2, -0.15) is 0 Å². The molecule has 2 atom stereocenters. The van der Waals surface area contributed by atoms with Crippen LogP contribution in [0.3, 0.4) is 0 Å². The average molecular weight is 182 g/mol. The van der Waals surface area contributed by atoms with Crippen LogP contribution in [0.15, 0.2) is 24.4 Å². The first-order valence-electron chi connectivity index (χ1n) is 3.89. The summed E-state index contributed by atoms with van der Waals surface area (Å²) in [5.74, 6) is 0.290. The summed E-state index contributed by atoms with van der Waals surface area (Å²) in [5.41, 5.74) is 0.983. The summed E-state index contributed by atoms with van der Waals surface area (Å²) in [4.78, 5) is 14.9. The Kier molecular flexibility index (Phi) is 1.85. The molecule has 2 rings (SSSR count). The van der Waals surface area contributed by atoms with E-state index in [0.717, 1.165) is 12.1 Å². The van der Waals surface area contributed by atoms with Crippen LogP contribution in [0.1, 0.15) is 18.0 Å². The third kappa shape index (κ3) is 1.34. The molecule has 0 saturated heterocycles. The second-order valence-corrected chi connectivity index (χ2v) is 3.38. The van der Waals surface area contributed by atoms with Crippen molar-refractivity contribution in [2.75, 3.05) is 0 Å². The van der Waals surface area contributed by atoms with Crippen LogP contribution in [0.25, 0.3) is 0 Å². The summed E-state index contributed by atoms with van der Waals surface area (Å²) in [6.07, 6.45) is 2.60. The van der Waals surface area contributed by atoms with Crippen LogP contribution in [-0.4, -0.2) is 10.2 Å². The van der Waals surface area contributed by atoms with Crippen molar-refractivity contribution >= 4 is 16.8 Å². The van der Waals surface area contributed by atoms with Gasteiger partial charge in [-0.15, -0.1) is 0 Å². The molecule has 1 aromatic heterocycles. The summed E-state index contributed by atoms with van der Waals surface area (Å²) in [6, 6.07) is 5.73. The second kappa shape index (κ2) is 2.87. The van der Waals surface area contributed by atoms with Crippen molar-refractivity contribution < 1.29 is 4.79 Å². The molecule has 0 amide bonds. The number of hydrogen-bond donors (Lipinski definition) is 0. The molecule has 1 saturated carbocycles. The van der Waals surface area contributed by atoms with Crippen LogP contribution in [-0.2, 0) is 4.79 Å². The van der Waals surface area contributed by atoms with Crippen LogP contribution in [0, 0.1) is 5.92 Å². The molecular formula is C9H8ClNO. The Balaban J connectivity index is 2.11. The molecule has 1 aromatic rings. The fraction of sp³-hybridized carbons (Fsp3) is 0.333. The summed E-state index contributed by atoms with van der Waals surface area (Å²) < 4.78 is 0. The zero-order valence-corrected chi connectivity index (χ0v) is 7.16. The standard InChI is InChI=1S/C9H8ClNO/c10-9(12)7-5-6(7)8-3-1-2-4-11-8/h1-4,6-7H,5H2/t6-,7-/m0/s1. The highest BCUT2D eigenvalue weighted by atomic mass is 35.5. The Morgan fingerprint density at radius 3 is 2.92 bits per heavy atom. The molecule has 0 bridgehead atoms. The molecule has 0 radical (unpaired) electrons. The number of hydrogen-bond acceptors (Lipinski definition) is 2. The maximum atomic E-state index is 10.7. The summed E-state index contributed by atoms with van der Waals surface area (Å²) in [5, 5.41) is -0.231. The molecule has 1 heterocycles. The highest BCUT2D eigenvalue weighted by Crippen LogP contribution is 2.47. The number of pyridine rings is 1. The van der Waals surface area contributed by atoms with Gasteiger partial charge in [-0.25, -0.2) is 0 Å². The fourth-order valence-electron chi connectivity index (χ4n) is 1.37. The topological polar surface area (TPSA) is 30.0 Å². The summed E-state index contributed by atoms with van der Waals surface area (Å²) in [6.45, 7) is 0. The third-order valence-electron chi connectivity index (χ3n) is 2.15. The molecule has 0 aromatic carbocycles. The van der Waals surface area contributed by atoms with Crippen molar-refractivity contribution in [3.63, 3.8) is 0 Å². The highest BCUT2D eigenvalue weighted by Gasteiger charge is 2.43. The van der Waals surface area contributed by atoms with Crippen LogP contribution in [0.4, 0.5) is 0 Å². The van der Waals surface area contributed by atoms with E-state index in [1.165, 1.54) is 0 Å². The van der Waals surface area contributed by atoms with E-state index >= 15 is 0 Å². The normalized spacial score (nSPS) is 26.8. The lowest BCUT2D eigenvalue weighted by Crippen LogP contribution is -1.92. The van der Waals surface area contributed by atoms with E-state index in [0.29, 0.717) is 0 Å². The average Bonchev–Trinajstić information content (AvgIpc) is 2.84. The number of nitrogens with zero attached hydrogens (tertiary/aromatic N) is 1. The Bertz CT molecular complexity index is 299. The number of rotatable bonds is 2. The van der Waals surface area contributed by atoms with E-state index in [9.17, 15) is 4.79 Å². The molecule has 2 nitrogen and oxygen atoms in total. The fourth-order valence-corrected chi connectivity index (χ4v) is 1.61. The van der Waals surface area contributed by atoms with Crippen molar-refractivity contribution in [2.45, 2.75) is 12.3 Å². The predicted octanol–water partition coefficient (Wildman–Crippen LogP) is 1.95. The van der Waals surface area contributed by atoms with Crippen molar-refractivity contribution in [3.8, 4) is 0 Å². The number of halogens is 1. The van der Waals surface area contributed by atoms with Gasteiger partial charge in [0.2, 0.25) is 5.24 Å². The van der Waals surface area contributed by atoms with E-state index in [4.69, 9.17) is 11.6 Å². The second-order valence-electron chi connectivity index (χ2n) is 3.01. The molecule has 3 heteroatoms. The molecular weight excluding hydrogens is 174 g/mol. The monoisotopic (exact) mass is 181 g/mol. The van der Waals surface area contributed by atoms with Gasteiger partial charge < -0.3 is 0 Å². The lowest BCUT2D eigenvalue weighted by Gasteiger charge is -1.94. The maximum absolute atomic E-state index is 10.7. The van der Waals surface area contributed by atoms with Crippen molar-refractivity contribution in [3.05, 3.63) is 30.1 Å². The van der Waals surface area contributed by atoms with Crippen LogP contribution in [0.5, 0.6) is 0 Å². The minimum atomic E-state index is -0.231. The maximum Gasteiger partial charge on any atom is 0.225 e. The molecule has 0 aliphatic heterocycles. The first kappa shape index (κ1) is 7.74. The molecule has 62 valence electrons. The molecule has 1 aliphatic rings. The molecule has 0 spiro atoms. The third-order valence-corrected chi connectivity index (χ3v) is 2.43. The van der Waals surface area contributed by atoms with E-state index in [2.05, 4.69) is 4.98 Å². The first-order valence-corrected chi connectivity index (χ1v) is 4.27. The zero-order valence-electron chi connectivity index (χ0n) is 6.40. The van der Waals surface area contributed by atoms with Crippen LogP contribution >= 0.6 is 11.6 Å². The Labute approximate surface area is 75.6 Å². The van der Waals surface area contributed by atoms with Crippen molar-refractivity contribution in [2.24, 2.45) is 5.92 Å². The minimum absolute atomic E-state index is 0.0153. The molecule has 1 fully saturated rings. The lowest BCUT2D eigenvalue weighted by molar-refractivity contribution is -0.112. The van der Waals surface area contributed by atoms with Gasteiger partial charge in [-0.1, -0.05) is 6.07 Å². The van der Waals surface area contributed by atoms with E-state index in [1.54, 1.807) is 6.20 Å². The van der Waals surface area contributed by atoms with Gasteiger partial charge in [0.25, 0.3) is 0 Å². The summed E-state index contributed by atoms with van der Waals surface area (Å²) >= 11 is 5.35.